The minimum Gasteiger partial charge on any atom is -0.444 e. The van der Waals surface area contributed by atoms with Crippen LogP contribution in [0.15, 0.2) is 0 Å². The van der Waals surface area contributed by atoms with E-state index in [4.69, 9.17) is 10.5 Å². The highest BCUT2D eigenvalue weighted by molar-refractivity contribution is 5.81. The summed E-state index contributed by atoms with van der Waals surface area (Å²) in [5, 5.41) is 3.04. The third-order valence-electron chi connectivity index (χ3n) is 4.37. The van der Waals surface area contributed by atoms with Gasteiger partial charge >= 0.3 is 6.09 Å². The van der Waals surface area contributed by atoms with Gasteiger partial charge in [0.1, 0.15) is 5.60 Å². The number of carbonyl (C=O) groups excluding carboxylic acids is 2. The summed E-state index contributed by atoms with van der Waals surface area (Å²) in [4.78, 5) is 26.5. The highest BCUT2D eigenvalue weighted by Gasteiger charge is 2.43. The molecule has 0 aromatic rings. The molecular formula is C17H31N3O3. The molecule has 2 amide bonds. The highest BCUT2D eigenvalue weighted by Crippen LogP contribution is 2.35. The van der Waals surface area contributed by atoms with Crippen LogP contribution in [0.1, 0.15) is 66.2 Å². The normalized spacial score (nSPS) is 26.3. The molecule has 6 heteroatoms. The van der Waals surface area contributed by atoms with E-state index in [2.05, 4.69) is 5.32 Å². The fraction of sp³-hybridized carbons (Fsp3) is 0.882. The summed E-state index contributed by atoms with van der Waals surface area (Å²) < 4.78 is 5.60. The van der Waals surface area contributed by atoms with E-state index in [1.807, 2.05) is 25.7 Å². The predicted molar refractivity (Wildman–Crippen MR) is 88.9 cm³/mol. The van der Waals surface area contributed by atoms with E-state index in [0.717, 1.165) is 38.5 Å². The second-order valence-electron chi connectivity index (χ2n) is 7.87. The average Bonchev–Trinajstić information content (AvgIpc) is 3.23. The van der Waals surface area contributed by atoms with Crippen molar-refractivity contribution in [1.29, 1.82) is 0 Å². The monoisotopic (exact) mass is 325 g/mol. The molecule has 3 N–H and O–H groups in total. The summed E-state index contributed by atoms with van der Waals surface area (Å²) in [5.74, 6) is -0.151. The van der Waals surface area contributed by atoms with Crippen LogP contribution in [0.25, 0.3) is 0 Å². The van der Waals surface area contributed by atoms with Gasteiger partial charge in [0.2, 0.25) is 5.91 Å². The quantitative estimate of drug-likeness (QED) is 0.829. The Balaban J connectivity index is 2.11. The van der Waals surface area contributed by atoms with E-state index < -0.39 is 11.6 Å². The molecule has 23 heavy (non-hydrogen) atoms. The first-order valence-electron chi connectivity index (χ1n) is 8.76. The molecule has 0 spiro atoms. The Labute approximate surface area is 139 Å². The van der Waals surface area contributed by atoms with Crippen LogP contribution >= 0.6 is 0 Å². The molecule has 3 unspecified atom stereocenters. The lowest BCUT2D eigenvalue weighted by Crippen LogP contribution is -2.58. The van der Waals surface area contributed by atoms with Gasteiger partial charge in [-0.25, -0.2) is 4.79 Å². The van der Waals surface area contributed by atoms with E-state index in [-0.39, 0.29) is 30.1 Å². The summed E-state index contributed by atoms with van der Waals surface area (Å²) in [7, 11) is 0. The zero-order valence-electron chi connectivity index (χ0n) is 14.8. The van der Waals surface area contributed by atoms with Crippen molar-refractivity contribution in [3.8, 4) is 0 Å². The summed E-state index contributed by atoms with van der Waals surface area (Å²) >= 11 is 0. The van der Waals surface area contributed by atoms with Crippen molar-refractivity contribution in [2.24, 2.45) is 5.73 Å². The van der Waals surface area contributed by atoms with Crippen molar-refractivity contribution in [2.45, 2.75) is 96.0 Å². The van der Waals surface area contributed by atoms with Gasteiger partial charge in [-0.15, -0.1) is 0 Å². The Kier molecular flexibility index (Phi) is 5.55. The standard InChI is InChI=1S/C17H31N3O3/c1-11(18)15(21)19-13-7-5-6-8-14(13)20(12-9-10-12)16(22)23-17(2,3)4/h11-14H,5-10,18H2,1-4H3,(H,19,21). The van der Waals surface area contributed by atoms with Crippen molar-refractivity contribution in [3.63, 3.8) is 0 Å². The van der Waals surface area contributed by atoms with Gasteiger partial charge in [-0.1, -0.05) is 12.8 Å². The van der Waals surface area contributed by atoms with E-state index in [1.165, 1.54) is 0 Å². The van der Waals surface area contributed by atoms with Crippen LogP contribution in [0.3, 0.4) is 0 Å². The van der Waals surface area contributed by atoms with Crippen molar-refractivity contribution in [1.82, 2.24) is 10.2 Å². The SMILES string of the molecule is CC(N)C(=O)NC1CCCCC1N(C(=O)OC(C)(C)C)C1CC1. The fourth-order valence-corrected chi connectivity index (χ4v) is 3.15. The predicted octanol–water partition coefficient (Wildman–Crippen LogP) is 2.16. The summed E-state index contributed by atoms with van der Waals surface area (Å²) in [5.41, 5.74) is 5.16. The van der Waals surface area contributed by atoms with Gasteiger partial charge in [0.15, 0.2) is 0 Å². The molecule has 2 aliphatic carbocycles. The Morgan fingerprint density at radius 2 is 1.78 bits per heavy atom. The molecule has 2 fully saturated rings. The number of rotatable bonds is 4. The molecule has 0 radical (unpaired) electrons. The average molecular weight is 325 g/mol. The highest BCUT2D eigenvalue weighted by atomic mass is 16.6. The van der Waals surface area contributed by atoms with Crippen molar-refractivity contribution in [3.05, 3.63) is 0 Å². The minimum absolute atomic E-state index is 0.00815. The molecule has 0 aromatic heterocycles. The number of nitrogens with two attached hydrogens (primary N) is 1. The molecule has 2 aliphatic rings. The maximum Gasteiger partial charge on any atom is 0.410 e. The molecule has 2 saturated carbocycles. The Morgan fingerprint density at radius 3 is 2.30 bits per heavy atom. The number of carbonyl (C=O) groups is 2. The second-order valence-corrected chi connectivity index (χ2v) is 7.87. The topological polar surface area (TPSA) is 84.7 Å². The minimum atomic E-state index is -0.534. The first kappa shape index (κ1) is 18.0. The van der Waals surface area contributed by atoms with E-state index in [1.54, 1.807) is 6.92 Å². The largest absolute Gasteiger partial charge is 0.444 e. The molecule has 6 nitrogen and oxygen atoms in total. The van der Waals surface area contributed by atoms with Gasteiger partial charge < -0.3 is 20.7 Å². The smallest absolute Gasteiger partial charge is 0.410 e. The Bertz CT molecular complexity index is 441. The van der Waals surface area contributed by atoms with Gasteiger partial charge in [-0.05, 0) is 53.4 Å². The number of ether oxygens (including phenoxy) is 1. The van der Waals surface area contributed by atoms with Crippen molar-refractivity contribution >= 4 is 12.0 Å². The van der Waals surface area contributed by atoms with Gasteiger partial charge in [0, 0.05) is 12.1 Å². The van der Waals surface area contributed by atoms with Crippen LogP contribution in [0, 0.1) is 0 Å². The molecule has 0 heterocycles. The summed E-state index contributed by atoms with van der Waals surface area (Å²) in [6, 6.07) is -0.305. The fourth-order valence-electron chi connectivity index (χ4n) is 3.15. The number of nitrogens with zero attached hydrogens (tertiary/aromatic N) is 1. The first-order valence-corrected chi connectivity index (χ1v) is 8.76. The molecule has 0 aromatic carbocycles. The molecular weight excluding hydrogens is 294 g/mol. The van der Waals surface area contributed by atoms with Crippen molar-refractivity contribution in [2.75, 3.05) is 0 Å². The Morgan fingerprint density at radius 1 is 1.17 bits per heavy atom. The number of nitrogens with one attached hydrogen (secondary N) is 1. The van der Waals surface area contributed by atoms with Crippen LogP contribution in [0.2, 0.25) is 0 Å². The van der Waals surface area contributed by atoms with E-state index in [9.17, 15) is 9.59 Å². The van der Waals surface area contributed by atoms with Crippen LogP contribution in [0.5, 0.6) is 0 Å². The lowest BCUT2D eigenvalue weighted by Gasteiger charge is -2.41. The van der Waals surface area contributed by atoms with Crippen LogP contribution in [0.4, 0.5) is 4.79 Å². The van der Waals surface area contributed by atoms with Gasteiger partial charge in [0.05, 0.1) is 12.1 Å². The lowest BCUT2D eigenvalue weighted by atomic mass is 9.89. The van der Waals surface area contributed by atoms with Crippen LogP contribution < -0.4 is 11.1 Å². The van der Waals surface area contributed by atoms with Gasteiger partial charge in [-0.3, -0.25) is 4.79 Å². The van der Waals surface area contributed by atoms with Gasteiger partial charge in [0.25, 0.3) is 0 Å². The van der Waals surface area contributed by atoms with E-state index in [0.29, 0.717) is 0 Å². The van der Waals surface area contributed by atoms with E-state index >= 15 is 0 Å². The third kappa shape index (κ3) is 5.09. The maximum atomic E-state index is 12.7. The second kappa shape index (κ2) is 7.07. The maximum absolute atomic E-state index is 12.7. The molecule has 0 saturated heterocycles. The third-order valence-corrected chi connectivity index (χ3v) is 4.37. The molecule has 3 atom stereocenters. The summed E-state index contributed by atoms with van der Waals surface area (Å²) in [6.45, 7) is 7.32. The van der Waals surface area contributed by atoms with Gasteiger partial charge in [-0.2, -0.15) is 0 Å². The first-order chi connectivity index (χ1) is 10.7. The number of hydrogen-bond donors (Lipinski definition) is 2. The van der Waals surface area contributed by atoms with Crippen molar-refractivity contribution < 1.29 is 14.3 Å². The molecule has 132 valence electrons. The lowest BCUT2D eigenvalue weighted by molar-refractivity contribution is -0.123. The number of amides is 2. The summed E-state index contributed by atoms with van der Waals surface area (Å²) in [6.07, 6.45) is 5.70. The Hall–Kier alpha value is -1.30. The molecule has 0 aliphatic heterocycles. The molecule has 0 bridgehead atoms. The van der Waals surface area contributed by atoms with Crippen LogP contribution in [-0.2, 0) is 9.53 Å². The molecule has 2 rings (SSSR count). The number of hydrogen-bond acceptors (Lipinski definition) is 4. The zero-order chi connectivity index (χ0) is 17.2. The zero-order valence-corrected chi connectivity index (χ0v) is 14.8. The van der Waals surface area contributed by atoms with Crippen LogP contribution in [-0.4, -0.2) is 46.7 Å².